The predicted molar refractivity (Wildman–Crippen MR) is 93.3 cm³/mol. The predicted octanol–water partition coefficient (Wildman–Crippen LogP) is 3.57. The van der Waals surface area contributed by atoms with E-state index in [1.54, 1.807) is 0 Å². The Morgan fingerprint density at radius 3 is 2.54 bits per heavy atom. The molecule has 0 heterocycles. The van der Waals surface area contributed by atoms with E-state index in [1.165, 1.54) is 12.8 Å². The summed E-state index contributed by atoms with van der Waals surface area (Å²) in [5.74, 6) is 2.58. The van der Waals surface area contributed by atoms with Gasteiger partial charge in [0.05, 0.1) is 12.2 Å². The number of hydrogen-bond acceptors (Lipinski definition) is 3. The largest absolute Gasteiger partial charge is 0.393 e. The van der Waals surface area contributed by atoms with Gasteiger partial charge in [0.1, 0.15) is 5.78 Å². The highest BCUT2D eigenvalue weighted by atomic mass is 16.3. The molecule has 0 spiro atoms. The van der Waals surface area contributed by atoms with Crippen molar-refractivity contribution in [1.29, 1.82) is 0 Å². The Balaban J connectivity index is 1.67. The van der Waals surface area contributed by atoms with Crippen molar-refractivity contribution in [1.82, 2.24) is 0 Å². The van der Waals surface area contributed by atoms with Crippen molar-refractivity contribution >= 4 is 5.78 Å². The number of aliphatic hydroxyl groups excluding tert-OH is 2. The number of ketones is 1. The Labute approximate surface area is 146 Å². The van der Waals surface area contributed by atoms with Gasteiger partial charge in [-0.05, 0) is 86.4 Å². The summed E-state index contributed by atoms with van der Waals surface area (Å²) in [5.41, 5.74) is 0.104. The minimum absolute atomic E-state index is 0.00376. The van der Waals surface area contributed by atoms with Crippen LogP contribution in [0.3, 0.4) is 0 Å². The molecule has 4 rings (SSSR count). The minimum Gasteiger partial charge on any atom is -0.393 e. The standard InChI is InChI=1S/C21H34O3/c1-12(22)16-6-7-17-15-5-4-13-10-14(23)8-9-20(13,2)19(15)18(24)11-21(16,17)3/h12-17,19,22-23H,4-11H2,1-3H3/t12-,13+,14+,15-,16+,17-,19+,20-,21+/m0/s1. The molecule has 0 aromatic rings. The van der Waals surface area contributed by atoms with Crippen LogP contribution in [-0.2, 0) is 4.79 Å². The molecule has 4 fully saturated rings. The van der Waals surface area contributed by atoms with Crippen LogP contribution >= 0.6 is 0 Å². The van der Waals surface area contributed by atoms with Crippen molar-refractivity contribution in [3.8, 4) is 0 Å². The van der Waals surface area contributed by atoms with Crippen molar-refractivity contribution in [2.45, 2.75) is 84.3 Å². The maximum absolute atomic E-state index is 13.3. The highest BCUT2D eigenvalue weighted by Gasteiger charge is 2.63. The molecule has 0 saturated heterocycles. The SMILES string of the molecule is C[C@H](O)[C@H]1CC[C@H]2[C@@H]3CC[C@@H]4C[C@H](O)CC[C@]4(C)[C@H]3C(=O)C[C@]12C. The summed E-state index contributed by atoms with van der Waals surface area (Å²) in [4.78, 5) is 13.3. The monoisotopic (exact) mass is 334 g/mol. The summed E-state index contributed by atoms with van der Waals surface area (Å²) < 4.78 is 0. The maximum atomic E-state index is 13.3. The summed E-state index contributed by atoms with van der Waals surface area (Å²) in [6.45, 7) is 6.55. The van der Waals surface area contributed by atoms with Crippen LogP contribution in [0.1, 0.15) is 72.1 Å². The third-order valence-corrected chi connectivity index (χ3v) is 8.98. The number of rotatable bonds is 1. The van der Waals surface area contributed by atoms with Crippen LogP contribution in [0.2, 0.25) is 0 Å². The van der Waals surface area contributed by atoms with Crippen LogP contribution in [0.4, 0.5) is 0 Å². The minimum atomic E-state index is -0.305. The molecule has 0 bridgehead atoms. The van der Waals surface area contributed by atoms with Gasteiger partial charge in [-0.3, -0.25) is 4.79 Å². The van der Waals surface area contributed by atoms with E-state index in [2.05, 4.69) is 13.8 Å². The van der Waals surface area contributed by atoms with Crippen molar-refractivity contribution in [2.24, 2.45) is 40.4 Å². The zero-order chi connectivity index (χ0) is 17.3. The molecule has 9 atom stereocenters. The van der Waals surface area contributed by atoms with E-state index in [1.807, 2.05) is 6.92 Å². The Kier molecular flexibility index (Phi) is 3.93. The number of carbonyl (C=O) groups is 1. The first-order valence-electron chi connectivity index (χ1n) is 10.2. The molecule has 0 unspecified atom stereocenters. The summed E-state index contributed by atoms with van der Waals surface area (Å²) in [7, 11) is 0. The molecule has 4 saturated carbocycles. The second kappa shape index (κ2) is 5.54. The lowest BCUT2D eigenvalue weighted by atomic mass is 9.44. The van der Waals surface area contributed by atoms with Gasteiger partial charge in [0.2, 0.25) is 0 Å². The van der Waals surface area contributed by atoms with Crippen LogP contribution < -0.4 is 0 Å². The summed E-state index contributed by atoms with van der Waals surface area (Å²) in [5, 5.41) is 20.4. The first-order valence-corrected chi connectivity index (χ1v) is 10.2. The maximum Gasteiger partial charge on any atom is 0.137 e. The average molecular weight is 335 g/mol. The van der Waals surface area contributed by atoms with Gasteiger partial charge < -0.3 is 10.2 Å². The smallest absolute Gasteiger partial charge is 0.137 e. The molecule has 4 aliphatic carbocycles. The van der Waals surface area contributed by atoms with E-state index >= 15 is 0 Å². The van der Waals surface area contributed by atoms with Gasteiger partial charge in [0.25, 0.3) is 0 Å². The van der Waals surface area contributed by atoms with E-state index < -0.39 is 0 Å². The van der Waals surface area contributed by atoms with Crippen molar-refractivity contribution in [3.05, 3.63) is 0 Å². The highest BCUT2D eigenvalue weighted by molar-refractivity contribution is 5.84. The fraction of sp³-hybridized carbons (Fsp3) is 0.952. The Morgan fingerprint density at radius 2 is 1.83 bits per heavy atom. The molecule has 2 N–H and O–H groups in total. The van der Waals surface area contributed by atoms with Crippen LogP contribution in [-0.4, -0.2) is 28.2 Å². The fourth-order valence-electron chi connectivity index (χ4n) is 7.88. The van der Waals surface area contributed by atoms with Crippen LogP contribution in [0.25, 0.3) is 0 Å². The Hall–Kier alpha value is -0.410. The second-order valence-corrected chi connectivity index (χ2v) is 10.0. The summed E-state index contributed by atoms with van der Waals surface area (Å²) in [6.07, 6.45) is 7.56. The van der Waals surface area contributed by atoms with Crippen molar-refractivity contribution < 1.29 is 15.0 Å². The third-order valence-electron chi connectivity index (χ3n) is 8.98. The normalized spacial score (nSPS) is 55.5. The molecular weight excluding hydrogens is 300 g/mol. The molecule has 0 aromatic carbocycles. The molecular formula is C21H34O3. The molecule has 3 heteroatoms. The lowest BCUT2D eigenvalue weighted by Gasteiger charge is -2.60. The van der Waals surface area contributed by atoms with Gasteiger partial charge in [-0.15, -0.1) is 0 Å². The molecule has 0 aliphatic heterocycles. The fourth-order valence-corrected chi connectivity index (χ4v) is 7.88. The second-order valence-electron chi connectivity index (χ2n) is 10.0. The number of aliphatic hydroxyl groups is 2. The molecule has 4 aliphatic rings. The van der Waals surface area contributed by atoms with Gasteiger partial charge in [0.15, 0.2) is 0 Å². The lowest BCUT2D eigenvalue weighted by Crippen LogP contribution is -2.58. The van der Waals surface area contributed by atoms with E-state index in [0.717, 1.165) is 32.1 Å². The molecule has 0 aromatic heterocycles. The number of fused-ring (bicyclic) bond motifs is 5. The summed E-state index contributed by atoms with van der Waals surface area (Å²) >= 11 is 0. The van der Waals surface area contributed by atoms with Gasteiger partial charge >= 0.3 is 0 Å². The Morgan fingerprint density at radius 1 is 1.08 bits per heavy atom. The zero-order valence-corrected chi connectivity index (χ0v) is 15.5. The average Bonchev–Trinajstić information content (AvgIpc) is 2.84. The zero-order valence-electron chi connectivity index (χ0n) is 15.5. The molecule has 24 heavy (non-hydrogen) atoms. The quantitative estimate of drug-likeness (QED) is 0.771. The van der Waals surface area contributed by atoms with E-state index in [0.29, 0.717) is 30.0 Å². The van der Waals surface area contributed by atoms with Gasteiger partial charge in [-0.25, -0.2) is 0 Å². The van der Waals surface area contributed by atoms with Gasteiger partial charge in [-0.2, -0.15) is 0 Å². The van der Waals surface area contributed by atoms with Crippen molar-refractivity contribution in [2.75, 3.05) is 0 Å². The van der Waals surface area contributed by atoms with Crippen LogP contribution in [0.15, 0.2) is 0 Å². The van der Waals surface area contributed by atoms with Crippen LogP contribution in [0.5, 0.6) is 0 Å². The highest BCUT2D eigenvalue weighted by Crippen LogP contribution is 2.66. The summed E-state index contributed by atoms with van der Waals surface area (Å²) in [6, 6.07) is 0. The Bertz CT molecular complexity index is 529. The number of hydrogen-bond donors (Lipinski definition) is 2. The van der Waals surface area contributed by atoms with E-state index in [-0.39, 0.29) is 34.9 Å². The molecule has 0 amide bonds. The lowest BCUT2D eigenvalue weighted by molar-refractivity contribution is -0.163. The topological polar surface area (TPSA) is 57.5 Å². The van der Waals surface area contributed by atoms with Gasteiger partial charge in [0, 0.05) is 12.3 Å². The van der Waals surface area contributed by atoms with Crippen molar-refractivity contribution in [3.63, 3.8) is 0 Å². The van der Waals surface area contributed by atoms with Gasteiger partial charge in [-0.1, -0.05) is 13.8 Å². The van der Waals surface area contributed by atoms with E-state index in [4.69, 9.17) is 0 Å². The number of carbonyl (C=O) groups excluding carboxylic acids is 1. The number of Topliss-reactive ketones (excluding diaryl/α,β-unsaturated/α-hetero) is 1. The first kappa shape index (κ1) is 17.0. The molecule has 136 valence electrons. The first-order chi connectivity index (χ1) is 11.3. The van der Waals surface area contributed by atoms with E-state index in [9.17, 15) is 15.0 Å². The third kappa shape index (κ3) is 2.19. The molecule has 0 radical (unpaired) electrons. The molecule has 3 nitrogen and oxygen atoms in total. The van der Waals surface area contributed by atoms with Crippen LogP contribution in [0, 0.1) is 40.4 Å².